The molecule has 104 valence electrons. The van der Waals surface area contributed by atoms with Gasteiger partial charge in [-0.05, 0) is 12.1 Å². The summed E-state index contributed by atoms with van der Waals surface area (Å²) in [6, 6.07) is 4.90. The predicted molar refractivity (Wildman–Crippen MR) is 71.7 cm³/mol. The smallest absolute Gasteiger partial charge is 0.255 e. The third-order valence-electron chi connectivity index (χ3n) is 2.72. The topological polar surface area (TPSA) is 64.6 Å². The minimum absolute atomic E-state index is 0.0131. The predicted octanol–water partition coefficient (Wildman–Crippen LogP) is 1.66. The Morgan fingerprint density at radius 3 is 2.42 bits per heavy atom. The number of hydrogen-bond acceptors (Lipinski definition) is 4. The molecule has 0 saturated carbocycles. The molecule has 0 aliphatic heterocycles. The molecule has 1 amide bonds. The first kappa shape index (κ1) is 15.0. The van der Waals surface area contributed by atoms with Crippen molar-refractivity contribution < 1.29 is 19.1 Å². The maximum absolute atomic E-state index is 12.0. The zero-order valence-electron chi connectivity index (χ0n) is 11.6. The van der Waals surface area contributed by atoms with Crippen molar-refractivity contribution in [2.75, 3.05) is 20.8 Å². The molecule has 0 radical (unpaired) electrons. The Kier molecular flexibility index (Phi) is 5.36. The van der Waals surface area contributed by atoms with Crippen molar-refractivity contribution in [1.82, 2.24) is 5.32 Å². The highest BCUT2D eigenvalue weighted by Crippen LogP contribution is 2.24. The number of ether oxygens (including phenoxy) is 2. The van der Waals surface area contributed by atoms with Crippen LogP contribution in [0.1, 0.15) is 24.2 Å². The van der Waals surface area contributed by atoms with E-state index in [1.54, 1.807) is 32.0 Å². The number of methoxy groups -OCH3 is 2. The van der Waals surface area contributed by atoms with E-state index in [9.17, 15) is 9.59 Å². The molecule has 0 fully saturated rings. The molecule has 5 heteroatoms. The first-order chi connectivity index (χ1) is 8.99. The molecular formula is C14H19NO4. The molecule has 5 nitrogen and oxygen atoms in total. The van der Waals surface area contributed by atoms with E-state index in [0.717, 1.165) is 0 Å². The third-order valence-corrected chi connectivity index (χ3v) is 2.72. The van der Waals surface area contributed by atoms with E-state index in [-0.39, 0.29) is 24.2 Å². The number of amides is 1. The first-order valence-electron chi connectivity index (χ1n) is 6.02. The van der Waals surface area contributed by atoms with Crippen molar-refractivity contribution in [3.63, 3.8) is 0 Å². The minimum atomic E-state index is -0.339. The highest BCUT2D eigenvalue weighted by Gasteiger charge is 2.15. The quantitative estimate of drug-likeness (QED) is 0.849. The molecule has 1 aromatic rings. The van der Waals surface area contributed by atoms with Crippen molar-refractivity contribution in [3.8, 4) is 11.5 Å². The van der Waals surface area contributed by atoms with Crippen LogP contribution in [0.25, 0.3) is 0 Å². The Bertz CT molecular complexity index is 469. The van der Waals surface area contributed by atoms with Gasteiger partial charge in [0.25, 0.3) is 5.91 Å². The molecule has 0 heterocycles. The number of rotatable bonds is 6. The van der Waals surface area contributed by atoms with Crippen LogP contribution in [-0.4, -0.2) is 32.5 Å². The summed E-state index contributed by atoms with van der Waals surface area (Å²) in [7, 11) is 3.01. The lowest BCUT2D eigenvalue weighted by atomic mass is 10.1. The molecule has 1 N–H and O–H groups in total. The summed E-state index contributed by atoms with van der Waals surface area (Å²) in [4.78, 5) is 23.4. The van der Waals surface area contributed by atoms with Gasteiger partial charge in [0.05, 0.1) is 26.3 Å². The fourth-order valence-electron chi connectivity index (χ4n) is 1.45. The number of carbonyl (C=O) groups excluding carboxylic acids is 2. The molecule has 0 atom stereocenters. The van der Waals surface area contributed by atoms with E-state index < -0.39 is 0 Å². The molecule has 0 spiro atoms. The zero-order valence-corrected chi connectivity index (χ0v) is 11.6. The summed E-state index contributed by atoms with van der Waals surface area (Å²) in [6.45, 7) is 3.61. The maximum atomic E-state index is 12.0. The molecule has 1 aromatic carbocycles. The second-order valence-electron chi connectivity index (χ2n) is 4.37. The summed E-state index contributed by atoms with van der Waals surface area (Å²) in [5.41, 5.74) is 0.375. The summed E-state index contributed by atoms with van der Waals surface area (Å²) >= 11 is 0. The van der Waals surface area contributed by atoms with Crippen LogP contribution in [0.2, 0.25) is 0 Å². The number of benzene rings is 1. The van der Waals surface area contributed by atoms with E-state index in [4.69, 9.17) is 9.47 Å². The van der Waals surface area contributed by atoms with Crippen molar-refractivity contribution in [3.05, 3.63) is 23.8 Å². The lowest BCUT2D eigenvalue weighted by molar-refractivity contribution is -0.120. The Morgan fingerprint density at radius 2 is 1.89 bits per heavy atom. The van der Waals surface area contributed by atoms with Gasteiger partial charge in [0.15, 0.2) is 5.78 Å². The van der Waals surface area contributed by atoms with Gasteiger partial charge in [-0.25, -0.2) is 0 Å². The molecule has 0 aliphatic carbocycles. The van der Waals surface area contributed by atoms with E-state index in [2.05, 4.69) is 5.32 Å². The Hall–Kier alpha value is -2.04. The SMILES string of the molecule is COc1ccc(C(=O)NCC(=O)C(C)C)c(OC)c1. The van der Waals surface area contributed by atoms with Gasteiger partial charge >= 0.3 is 0 Å². The summed E-state index contributed by atoms with van der Waals surface area (Å²) in [5.74, 6) is 0.563. The number of nitrogens with one attached hydrogen (secondary N) is 1. The van der Waals surface area contributed by atoms with Crippen LogP contribution in [0.3, 0.4) is 0 Å². The van der Waals surface area contributed by atoms with Crippen LogP contribution in [0, 0.1) is 5.92 Å². The van der Waals surface area contributed by atoms with E-state index in [1.807, 2.05) is 0 Å². The average Bonchev–Trinajstić information content (AvgIpc) is 2.43. The van der Waals surface area contributed by atoms with Crippen molar-refractivity contribution in [2.45, 2.75) is 13.8 Å². The molecule has 0 unspecified atom stereocenters. The van der Waals surface area contributed by atoms with Gasteiger partial charge in [0, 0.05) is 12.0 Å². The van der Waals surface area contributed by atoms with Gasteiger partial charge in [-0.3, -0.25) is 9.59 Å². The third kappa shape index (κ3) is 3.98. The molecule has 0 aliphatic rings. The second kappa shape index (κ2) is 6.78. The van der Waals surface area contributed by atoms with Gasteiger partial charge < -0.3 is 14.8 Å². The normalized spacial score (nSPS) is 10.2. The lowest BCUT2D eigenvalue weighted by Crippen LogP contribution is -2.31. The number of hydrogen-bond donors (Lipinski definition) is 1. The van der Waals surface area contributed by atoms with Gasteiger partial charge in [-0.1, -0.05) is 13.8 Å². The number of carbonyl (C=O) groups is 2. The fraction of sp³-hybridized carbons (Fsp3) is 0.429. The summed E-state index contributed by atoms with van der Waals surface area (Å²) in [6.07, 6.45) is 0. The largest absolute Gasteiger partial charge is 0.497 e. The van der Waals surface area contributed by atoms with Crippen LogP contribution in [-0.2, 0) is 4.79 Å². The Balaban J connectivity index is 2.79. The van der Waals surface area contributed by atoms with Crippen LogP contribution in [0.5, 0.6) is 11.5 Å². The molecule has 0 aromatic heterocycles. The highest BCUT2D eigenvalue weighted by atomic mass is 16.5. The zero-order chi connectivity index (χ0) is 14.4. The molecule has 19 heavy (non-hydrogen) atoms. The fourth-order valence-corrected chi connectivity index (χ4v) is 1.45. The van der Waals surface area contributed by atoms with Crippen molar-refractivity contribution >= 4 is 11.7 Å². The average molecular weight is 265 g/mol. The van der Waals surface area contributed by atoms with E-state index >= 15 is 0 Å². The van der Waals surface area contributed by atoms with Crippen LogP contribution >= 0.6 is 0 Å². The minimum Gasteiger partial charge on any atom is -0.497 e. The Labute approximate surface area is 112 Å². The molecule has 0 saturated heterocycles. The summed E-state index contributed by atoms with van der Waals surface area (Å²) in [5, 5.41) is 2.58. The molecule has 0 bridgehead atoms. The number of ketones is 1. The van der Waals surface area contributed by atoms with E-state index in [0.29, 0.717) is 17.1 Å². The van der Waals surface area contributed by atoms with Gasteiger partial charge in [-0.2, -0.15) is 0 Å². The standard InChI is InChI=1S/C14H19NO4/c1-9(2)12(16)8-15-14(17)11-6-5-10(18-3)7-13(11)19-4/h5-7,9H,8H2,1-4H3,(H,15,17). The van der Waals surface area contributed by atoms with Gasteiger partial charge in [-0.15, -0.1) is 0 Å². The van der Waals surface area contributed by atoms with Crippen molar-refractivity contribution in [2.24, 2.45) is 5.92 Å². The van der Waals surface area contributed by atoms with Gasteiger partial charge in [0.1, 0.15) is 11.5 Å². The molecular weight excluding hydrogens is 246 g/mol. The second-order valence-corrected chi connectivity index (χ2v) is 4.37. The molecule has 1 rings (SSSR count). The highest BCUT2D eigenvalue weighted by molar-refractivity contribution is 5.99. The van der Waals surface area contributed by atoms with Crippen LogP contribution < -0.4 is 14.8 Å². The maximum Gasteiger partial charge on any atom is 0.255 e. The number of Topliss-reactive ketones (excluding diaryl/α,β-unsaturated/α-hetero) is 1. The summed E-state index contributed by atoms with van der Waals surface area (Å²) < 4.78 is 10.2. The first-order valence-corrected chi connectivity index (χ1v) is 6.02. The van der Waals surface area contributed by atoms with Crippen LogP contribution in [0.15, 0.2) is 18.2 Å². The van der Waals surface area contributed by atoms with Crippen LogP contribution in [0.4, 0.5) is 0 Å². The monoisotopic (exact) mass is 265 g/mol. The van der Waals surface area contributed by atoms with Crippen molar-refractivity contribution in [1.29, 1.82) is 0 Å². The Morgan fingerprint density at radius 1 is 1.21 bits per heavy atom. The lowest BCUT2D eigenvalue weighted by Gasteiger charge is -2.11. The van der Waals surface area contributed by atoms with Gasteiger partial charge in [0.2, 0.25) is 0 Å². The van der Waals surface area contributed by atoms with E-state index in [1.165, 1.54) is 14.2 Å².